The third-order valence-corrected chi connectivity index (χ3v) is 3.57. The molecule has 1 aromatic carbocycles. The molecule has 0 spiro atoms. The van der Waals surface area contributed by atoms with Gasteiger partial charge in [-0.2, -0.15) is 0 Å². The van der Waals surface area contributed by atoms with Crippen LogP contribution in [0.15, 0.2) is 6.07 Å². The summed E-state index contributed by atoms with van der Waals surface area (Å²) in [4.78, 5) is 14.5. The zero-order valence-electron chi connectivity index (χ0n) is 12.1. The highest BCUT2D eigenvalue weighted by Crippen LogP contribution is 2.24. The summed E-state index contributed by atoms with van der Waals surface area (Å²) in [7, 11) is 0. The van der Waals surface area contributed by atoms with E-state index in [0.29, 0.717) is 6.54 Å². The van der Waals surface area contributed by atoms with Crippen LogP contribution >= 0.6 is 0 Å². The van der Waals surface area contributed by atoms with Crippen molar-refractivity contribution < 1.29 is 4.79 Å². The molecule has 0 atom stereocenters. The van der Waals surface area contributed by atoms with Crippen LogP contribution in [0.25, 0.3) is 0 Å². The van der Waals surface area contributed by atoms with Gasteiger partial charge in [0, 0.05) is 11.3 Å². The van der Waals surface area contributed by atoms with Crippen molar-refractivity contribution in [2.75, 3.05) is 25.4 Å². The molecule has 0 bridgehead atoms. The summed E-state index contributed by atoms with van der Waals surface area (Å²) in [6.45, 7) is 12.3. The van der Waals surface area contributed by atoms with E-state index in [-0.39, 0.29) is 5.78 Å². The van der Waals surface area contributed by atoms with Gasteiger partial charge >= 0.3 is 0 Å². The molecule has 18 heavy (non-hydrogen) atoms. The van der Waals surface area contributed by atoms with Crippen molar-refractivity contribution in [2.24, 2.45) is 0 Å². The second kappa shape index (κ2) is 6.01. The Morgan fingerprint density at radius 2 is 1.72 bits per heavy atom. The van der Waals surface area contributed by atoms with E-state index < -0.39 is 0 Å². The van der Waals surface area contributed by atoms with E-state index in [4.69, 9.17) is 5.73 Å². The summed E-state index contributed by atoms with van der Waals surface area (Å²) in [6.07, 6.45) is 0. The number of carbonyl (C=O) groups is 1. The van der Waals surface area contributed by atoms with E-state index in [2.05, 4.69) is 18.7 Å². The first-order chi connectivity index (χ1) is 8.42. The lowest BCUT2D eigenvalue weighted by Gasteiger charge is -2.19. The first-order valence-corrected chi connectivity index (χ1v) is 6.54. The van der Waals surface area contributed by atoms with Crippen LogP contribution in [-0.2, 0) is 0 Å². The number of carbonyl (C=O) groups excluding carboxylic acids is 1. The zero-order chi connectivity index (χ0) is 13.9. The van der Waals surface area contributed by atoms with E-state index >= 15 is 0 Å². The Morgan fingerprint density at radius 1 is 1.17 bits per heavy atom. The van der Waals surface area contributed by atoms with Crippen LogP contribution in [0.4, 0.5) is 5.69 Å². The van der Waals surface area contributed by atoms with E-state index in [0.717, 1.165) is 41.0 Å². The molecule has 0 radical (unpaired) electrons. The number of ketones is 1. The second-order valence-electron chi connectivity index (χ2n) is 4.81. The minimum absolute atomic E-state index is 0.167. The number of likely N-dealkylation sites (N-methyl/N-ethyl adjacent to an activating group) is 1. The van der Waals surface area contributed by atoms with E-state index in [9.17, 15) is 4.79 Å². The van der Waals surface area contributed by atoms with Gasteiger partial charge in [-0.25, -0.2) is 0 Å². The van der Waals surface area contributed by atoms with Crippen LogP contribution in [0.2, 0.25) is 0 Å². The average Bonchev–Trinajstić information content (AvgIpc) is 2.33. The van der Waals surface area contributed by atoms with E-state index in [1.807, 2.05) is 26.8 Å². The van der Waals surface area contributed by atoms with Crippen LogP contribution in [0.5, 0.6) is 0 Å². The van der Waals surface area contributed by atoms with Gasteiger partial charge in [0.15, 0.2) is 5.78 Å². The number of hydrogen-bond acceptors (Lipinski definition) is 3. The standard InChI is InChI=1S/C15H24N2O/c1-6-17(7-2)9-13(18)14-10(3)8-11(4)15(16)12(14)5/h8H,6-7,9,16H2,1-5H3. The molecule has 3 nitrogen and oxygen atoms in total. The summed E-state index contributed by atoms with van der Waals surface area (Å²) in [5.74, 6) is 0.167. The maximum Gasteiger partial charge on any atom is 0.177 e. The smallest absolute Gasteiger partial charge is 0.177 e. The second-order valence-corrected chi connectivity index (χ2v) is 4.81. The van der Waals surface area contributed by atoms with Gasteiger partial charge < -0.3 is 5.73 Å². The van der Waals surface area contributed by atoms with Gasteiger partial charge in [-0.05, 0) is 50.6 Å². The molecule has 1 rings (SSSR count). The highest BCUT2D eigenvalue weighted by Gasteiger charge is 2.17. The van der Waals surface area contributed by atoms with Crippen molar-refractivity contribution in [3.8, 4) is 0 Å². The summed E-state index contributed by atoms with van der Waals surface area (Å²) >= 11 is 0. The molecule has 0 aliphatic carbocycles. The molecule has 0 aliphatic rings. The fraction of sp³-hybridized carbons (Fsp3) is 0.533. The van der Waals surface area contributed by atoms with Crippen molar-refractivity contribution in [1.82, 2.24) is 4.90 Å². The van der Waals surface area contributed by atoms with Crippen molar-refractivity contribution in [3.63, 3.8) is 0 Å². The minimum Gasteiger partial charge on any atom is -0.398 e. The molecule has 100 valence electrons. The lowest BCUT2D eigenvalue weighted by atomic mass is 9.94. The SMILES string of the molecule is CCN(CC)CC(=O)c1c(C)cc(C)c(N)c1C. The van der Waals surface area contributed by atoms with Crippen LogP contribution < -0.4 is 5.73 Å². The van der Waals surface area contributed by atoms with Crippen LogP contribution in [0, 0.1) is 20.8 Å². The van der Waals surface area contributed by atoms with Crippen LogP contribution in [-0.4, -0.2) is 30.3 Å². The van der Waals surface area contributed by atoms with E-state index in [1.165, 1.54) is 0 Å². The van der Waals surface area contributed by atoms with Crippen LogP contribution in [0.1, 0.15) is 40.9 Å². The third kappa shape index (κ3) is 2.91. The number of hydrogen-bond donors (Lipinski definition) is 1. The lowest BCUT2D eigenvalue weighted by Crippen LogP contribution is -2.30. The maximum absolute atomic E-state index is 12.4. The fourth-order valence-electron chi connectivity index (χ4n) is 2.36. The minimum atomic E-state index is 0.167. The number of nitrogen functional groups attached to an aromatic ring is 1. The predicted octanol–water partition coefficient (Wildman–Crippen LogP) is 2.72. The molecule has 0 unspecified atom stereocenters. The van der Waals surface area contributed by atoms with Gasteiger partial charge in [0.25, 0.3) is 0 Å². The first kappa shape index (κ1) is 14.7. The third-order valence-electron chi connectivity index (χ3n) is 3.57. The van der Waals surface area contributed by atoms with Gasteiger partial charge in [-0.3, -0.25) is 9.69 Å². The monoisotopic (exact) mass is 248 g/mol. The zero-order valence-corrected chi connectivity index (χ0v) is 12.1. The number of nitrogens with zero attached hydrogens (tertiary/aromatic N) is 1. The molecule has 0 aliphatic heterocycles. The van der Waals surface area contributed by atoms with E-state index in [1.54, 1.807) is 0 Å². The quantitative estimate of drug-likeness (QED) is 0.644. The molecule has 0 aromatic heterocycles. The Morgan fingerprint density at radius 3 is 2.22 bits per heavy atom. The highest BCUT2D eigenvalue weighted by atomic mass is 16.1. The van der Waals surface area contributed by atoms with Crippen molar-refractivity contribution >= 4 is 11.5 Å². The summed E-state index contributed by atoms with van der Waals surface area (Å²) < 4.78 is 0. The molecule has 2 N–H and O–H groups in total. The topological polar surface area (TPSA) is 46.3 Å². The van der Waals surface area contributed by atoms with Crippen molar-refractivity contribution in [1.29, 1.82) is 0 Å². The number of anilines is 1. The maximum atomic E-state index is 12.4. The Kier molecular flexibility index (Phi) is 4.91. The molecule has 0 fully saturated rings. The molecule has 1 aromatic rings. The fourth-order valence-corrected chi connectivity index (χ4v) is 2.36. The van der Waals surface area contributed by atoms with Gasteiger partial charge in [-0.15, -0.1) is 0 Å². The average molecular weight is 248 g/mol. The summed E-state index contributed by atoms with van der Waals surface area (Å²) in [6, 6.07) is 2.00. The molecule has 0 saturated heterocycles. The molecular weight excluding hydrogens is 224 g/mol. The Balaban J connectivity index is 3.10. The number of Topliss-reactive ketones (excluding diaryl/α,β-unsaturated/α-hetero) is 1. The first-order valence-electron chi connectivity index (χ1n) is 6.54. The largest absolute Gasteiger partial charge is 0.398 e. The number of benzene rings is 1. The number of nitrogens with two attached hydrogens (primary N) is 1. The lowest BCUT2D eigenvalue weighted by molar-refractivity contribution is 0.0936. The molecular formula is C15H24N2O. The number of rotatable bonds is 5. The van der Waals surface area contributed by atoms with Gasteiger partial charge in [0.1, 0.15) is 0 Å². The Labute approximate surface area is 110 Å². The number of aryl methyl sites for hydroxylation is 2. The van der Waals surface area contributed by atoms with Gasteiger partial charge in [0.05, 0.1) is 6.54 Å². The normalized spacial score (nSPS) is 11.0. The predicted molar refractivity (Wildman–Crippen MR) is 77.2 cm³/mol. The molecule has 0 amide bonds. The molecule has 3 heteroatoms. The van der Waals surface area contributed by atoms with Gasteiger partial charge in [-0.1, -0.05) is 19.9 Å². The molecule has 0 saturated carbocycles. The van der Waals surface area contributed by atoms with Crippen molar-refractivity contribution in [2.45, 2.75) is 34.6 Å². The highest BCUT2D eigenvalue weighted by molar-refractivity contribution is 6.01. The van der Waals surface area contributed by atoms with Crippen LogP contribution in [0.3, 0.4) is 0 Å². The Hall–Kier alpha value is -1.35. The summed E-state index contributed by atoms with van der Waals surface area (Å²) in [5, 5.41) is 0. The Bertz CT molecular complexity index is 448. The molecule has 0 heterocycles. The van der Waals surface area contributed by atoms with Crippen molar-refractivity contribution in [3.05, 3.63) is 28.3 Å². The summed E-state index contributed by atoms with van der Waals surface area (Å²) in [5.41, 5.74) is 10.5. The van der Waals surface area contributed by atoms with Gasteiger partial charge in [0.2, 0.25) is 0 Å².